The van der Waals surface area contributed by atoms with E-state index >= 15 is 0 Å². The molecule has 2 aliphatic rings. The molecule has 3 amide bonds. The van der Waals surface area contributed by atoms with E-state index in [4.69, 9.17) is 9.72 Å². The number of benzene rings is 4. The van der Waals surface area contributed by atoms with Gasteiger partial charge in [-0.1, -0.05) is 78.9 Å². The number of rotatable bonds is 10. The maximum absolute atomic E-state index is 14.1. The predicted molar refractivity (Wildman–Crippen MR) is 230 cm³/mol. The third kappa shape index (κ3) is 10.5. The highest BCUT2D eigenvalue weighted by atomic mass is 32.2. The van der Waals surface area contributed by atoms with E-state index in [2.05, 4.69) is 20.5 Å². The maximum Gasteiger partial charge on any atom is 0.408 e. The Balaban J connectivity index is 0.00000567. The monoisotopic (exact) mass is 822 g/mol. The number of carbonyl (C=O) groups excluding carboxylic acids is 3. The summed E-state index contributed by atoms with van der Waals surface area (Å²) in [4.78, 5) is 52.0. The van der Waals surface area contributed by atoms with Gasteiger partial charge in [0, 0.05) is 37.4 Å². The standard InChI is InChI=1S/C44H48N6O6S.H2S/c1-44(2,3)56-43(53)48-39(34-8-5-4-6-9-34)42(52)50-23-7-10-38(50)40-45-28-37(47-40)33-17-13-31(14-18-33)32-15-19-35(20-16-32)41(51)46-36-21-11-30(12-22-36)29-49-24-26-57(54,55)27-25-49;/h4-6,8-9,11-22,28,38-39H,7,10,23-27,29H2,1-3H3,(H,45,47)(H,46,51)(H,48,53);1H2/t38-,39+;/m0./s1. The van der Waals surface area contributed by atoms with E-state index in [1.54, 1.807) is 44.0 Å². The lowest BCUT2D eigenvalue weighted by molar-refractivity contribution is -0.134. The highest BCUT2D eigenvalue weighted by Crippen LogP contribution is 2.34. The zero-order chi connectivity index (χ0) is 40.2. The summed E-state index contributed by atoms with van der Waals surface area (Å²) in [5.74, 6) is 0.643. The van der Waals surface area contributed by atoms with Crippen molar-refractivity contribution in [2.75, 3.05) is 36.5 Å². The molecule has 2 saturated heterocycles. The molecule has 0 spiro atoms. The number of carbonyl (C=O) groups is 3. The van der Waals surface area contributed by atoms with Crippen LogP contribution in [0.5, 0.6) is 0 Å². The molecule has 1 aromatic heterocycles. The lowest BCUT2D eigenvalue weighted by atomic mass is 10.0. The Morgan fingerprint density at radius 3 is 2.10 bits per heavy atom. The normalized spacial score (nSPS) is 17.2. The third-order valence-electron chi connectivity index (χ3n) is 10.2. The number of nitrogens with one attached hydrogen (secondary N) is 3. The second-order valence-electron chi connectivity index (χ2n) is 15.6. The van der Waals surface area contributed by atoms with Crippen molar-refractivity contribution in [3.63, 3.8) is 0 Å². The van der Waals surface area contributed by atoms with Crippen molar-refractivity contribution in [1.82, 2.24) is 25.1 Å². The van der Waals surface area contributed by atoms with Gasteiger partial charge in [-0.05, 0) is 85.7 Å². The molecule has 0 saturated carbocycles. The van der Waals surface area contributed by atoms with Gasteiger partial charge in [-0.15, -0.1) is 0 Å². The van der Waals surface area contributed by atoms with E-state index in [0.29, 0.717) is 48.8 Å². The van der Waals surface area contributed by atoms with Crippen molar-refractivity contribution in [2.24, 2.45) is 0 Å². The number of nitrogens with zero attached hydrogens (tertiary/aromatic N) is 3. The van der Waals surface area contributed by atoms with Crippen LogP contribution in [-0.4, -0.2) is 82.8 Å². The molecular weight excluding hydrogens is 773 g/mol. The molecule has 0 bridgehead atoms. The van der Waals surface area contributed by atoms with Crippen LogP contribution in [-0.2, 0) is 25.9 Å². The van der Waals surface area contributed by atoms with Crippen molar-refractivity contribution in [2.45, 2.75) is 57.8 Å². The van der Waals surface area contributed by atoms with Crippen LogP contribution in [0.2, 0.25) is 0 Å². The number of alkyl carbamates (subject to hydrolysis) is 1. The van der Waals surface area contributed by atoms with Gasteiger partial charge in [0.15, 0.2) is 9.84 Å². The van der Waals surface area contributed by atoms with Gasteiger partial charge in [0.1, 0.15) is 17.5 Å². The van der Waals surface area contributed by atoms with E-state index in [0.717, 1.165) is 40.8 Å². The molecule has 0 unspecified atom stereocenters. The highest BCUT2D eigenvalue weighted by molar-refractivity contribution is 7.91. The average molecular weight is 823 g/mol. The van der Waals surface area contributed by atoms with Gasteiger partial charge < -0.3 is 25.3 Å². The summed E-state index contributed by atoms with van der Waals surface area (Å²) in [7, 11) is -2.92. The molecule has 3 N–H and O–H groups in total. The Labute approximate surface area is 346 Å². The van der Waals surface area contributed by atoms with Gasteiger partial charge in [0.05, 0.1) is 29.4 Å². The molecular formula is C44H50N6O6S2. The van der Waals surface area contributed by atoms with Crippen LogP contribution in [0.3, 0.4) is 0 Å². The molecule has 2 atom stereocenters. The molecule has 3 heterocycles. The van der Waals surface area contributed by atoms with Gasteiger partial charge in [0.25, 0.3) is 11.8 Å². The fraction of sp³-hybridized carbons (Fsp3) is 0.318. The second-order valence-corrected chi connectivity index (χ2v) is 17.9. The summed E-state index contributed by atoms with van der Waals surface area (Å²) < 4.78 is 28.9. The number of aromatic nitrogens is 2. The number of imidazole rings is 1. The van der Waals surface area contributed by atoms with Crippen molar-refractivity contribution in [3.05, 3.63) is 132 Å². The van der Waals surface area contributed by atoms with Gasteiger partial charge in [0.2, 0.25) is 0 Å². The largest absolute Gasteiger partial charge is 0.444 e. The Bertz CT molecular complexity index is 2300. The van der Waals surface area contributed by atoms with Crippen LogP contribution in [0.4, 0.5) is 10.5 Å². The first-order valence-electron chi connectivity index (χ1n) is 19.2. The summed E-state index contributed by atoms with van der Waals surface area (Å²) in [5, 5.41) is 5.76. The van der Waals surface area contributed by atoms with Crippen LogP contribution in [0, 0.1) is 0 Å². The summed E-state index contributed by atoms with van der Waals surface area (Å²) in [6.45, 7) is 7.63. The molecule has 7 rings (SSSR count). The maximum atomic E-state index is 14.1. The summed E-state index contributed by atoms with van der Waals surface area (Å²) in [6.07, 6.45) is 2.67. The topological polar surface area (TPSA) is 154 Å². The molecule has 2 fully saturated rings. The number of H-pyrrole nitrogens is 1. The third-order valence-corrected chi connectivity index (χ3v) is 11.8. The highest BCUT2D eigenvalue weighted by Gasteiger charge is 2.37. The number of anilines is 1. The number of sulfone groups is 1. The van der Waals surface area contributed by atoms with Crippen LogP contribution in [0.15, 0.2) is 109 Å². The molecule has 2 aliphatic heterocycles. The summed E-state index contributed by atoms with van der Waals surface area (Å²) in [6, 6.07) is 31.2. The number of likely N-dealkylation sites (tertiary alicyclic amines) is 1. The minimum Gasteiger partial charge on any atom is -0.444 e. The lowest BCUT2D eigenvalue weighted by Gasteiger charge is -2.29. The van der Waals surface area contributed by atoms with Crippen molar-refractivity contribution in [1.29, 1.82) is 0 Å². The number of amides is 3. The molecule has 0 aliphatic carbocycles. The van der Waals surface area contributed by atoms with Crippen molar-refractivity contribution in [3.8, 4) is 22.4 Å². The number of ether oxygens (including phenoxy) is 1. The van der Waals surface area contributed by atoms with Crippen LogP contribution < -0.4 is 10.6 Å². The smallest absolute Gasteiger partial charge is 0.408 e. The quantitative estimate of drug-likeness (QED) is 0.133. The Hall–Kier alpha value is -5.44. The summed E-state index contributed by atoms with van der Waals surface area (Å²) in [5.41, 5.74) is 5.96. The second kappa shape index (κ2) is 18.0. The Morgan fingerprint density at radius 1 is 0.845 bits per heavy atom. The Kier molecular flexibility index (Phi) is 13.1. The predicted octanol–water partition coefficient (Wildman–Crippen LogP) is 7.27. The minimum atomic E-state index is -2.92. The number of hydrogen-bond donors (Lipinski definition) is 3. The van der Waals surface area contributed by atoms with E-state index in [1.165, 1.54) is 0 Å². The Morgan fingerprint density at radius 2 is 1.47 bits per heavy atom. The molecule has 12 nitrogen and oxygen atoms in total. The fourth-order valence-electron chi connectivity index (χ4n) is 7.21. The molecule has 4 aromatic carbocycles. The lowest BCUT2D eigenvalue weighted by Crippen LogP contribution is -2.44. The average Bonchev–Trinajstić information content (AvgIpc) is 3.89. The zero-order valence-corrected chi connectivity index (χ0v) is 34.7. The minimum absolute atomic E-state index is 0. The van der Waals surface area contributed by atoms with E-state index in [-0.39, 0.29) is 42.9 Å². The van der Waals surface area contributed by atoms with E-state index < -0.39 is 27.6 Å². The van der Waals surface area contributed by atoms with E-state index in [1.807, 2.05) is 91.0 Å². The first-order valence-corrected chi connectivity index (χ1v) is 21.1. The van der Waals surface area contributed by atoms with Crippen LogP contribution in [0.25, 0.3) is 22.4 Å². The SMILES string of the molecule is CC(C)(C)OC(=O)N[C@@H](C(=O)N1CCC[C@H]1c1ncc(-c2ccc(-c3ccc(C(=O)Nc4ccc(CN5CCS(=O)(=O)CC5)cc4)cc3)cc2)[nH]1)c1ccccc1.S. The molecule has 304 valence electrons. The molecule has 0 radical (unpaired) electrons. The van der Waals surface area contributed by atoms with Crippen molar-refractivity contribution >= 4 is 46.9 Å². The fourth-order valence-corrected chi connectivity index (χ4v) is 8.49. The number of aromatic amines is 1. The first kappa shape index (κ1) is 42.2. The summed E-state index contributed by atoms with van der Waals surface area (Å²) >= 11 is 0. The van der Waals surface area contributed by atoms with Crippen LogP contribution in [0.1, 0.15) is 73.0 Å². The van der Waals surface area contributed by atoms with Crippen LogP contribution >= 0.6 is 13.5 Å². The van der Waals surface area contributed by atoms with Crippen molar-refractivity contribution < 1.29 is 27.5 Å². The molecule has 14 heteroatoms. The first-order chi connectivity index (χ1) is 27.3. The van der Waals surface area contributed by atoms with E-state index in [9.17, 15) is 22.8 Å². The molecule has 58 heavy (non-hydrogen) atoms. The zero-order valence-electron chi connectivity index (χ0n) is 32.9. The van der Waals surface area contributed by atoms with Gasteiger partial charge in [-0.3, -0.25) is 14.5 Å². The van der Waals surface area contributed by atoms with Gasteiger partial charge >= 0.3 is 6.09 Å². The molecule has 5 aromatic rings. The van der Waals surface area contributed by atoms with Gasteiger partial charge in [-0.25, -0.2) is 18.2 Å². The van der Waals surface area contributed by atoms with Gasteiger partial charge in [-0.2, -0.15) is 13.5 Å². The number of hydrogen-bond acceptors (Lipinski definition) is 8.